The lowest BCUT2D eigenvalue weighted by Gasteiger charge is -2.18. The predicted molar refractivity (Wildman–Crippen MR) is 112 cm³/mol. The molecule has 1 aromatic carbocycles. The highest BCUT2D eigenvalue weighted by molar-refractivity contribution is 6.04. The third kappa shape index (κ3) is 3.31. The molecule has 1 atom stereocenters. The Morgan fingerprint density at radius 2 is 1.97 bits per heavy atom. The summed E-state index contributed by atoms with van der Waals surface area (Å²) in [5, 5.41) is 16.4. The minimum absolute atomic E-state index is 0.0211. The van der Waals surface area contributed by atoms with Crippen molar-refractivity contribution in [3.63, 3.8) is 0 Å². The van der Waals surface area contributed by atoms with E-state index < -0.39 is 6.10 Å². The Kier molecular flexibility index (Phi) is 4.90. The molecule has 4 rings (SSSR count). The summed E-state index contributed by atoms with van der Waals surface area (Å²) < 4.78 is 3.68. The number of Topliss-reactive ketones (excluding diaryl/α,β-unsaturated/α-hetero) is 2. The molecule has 152 valence electrons. The van der Waals surface area contributed by atoms with Crippen molar-refractivity contribution in [2.24, 2.45) is 0 Å². The Hall–Kier alpha value is -2.73. The second-order valence-corrected chi connectivity index (χ2v) is 8.17. The SMILES string of the molecule is CC(=O)c1c(C)nn(C[C@H](O)Cn2c3c(c4cc(C)ccc42)CCCC3=O)c1C. The van der Waals surface area contributed by atoms with E-state index in [1.54, 1.807) is 4.68 Å². The van der Waals surface area contributed by atoms with Crippen LogP contribution in [0.5, 0.6) is 0 Å². The molecule has 2 aromatic heterocycles. The van der Waals surface area contributed by atoms with Crippen LogP contribution < -0.4 is 0 Å². The van der Waals surface area contributed by atoms with Gasteiger partial charge in [0.05, 0.1) is 36.1 Å². The number of carbonyl (C=O) groups is 2. The average Bonchev–Trinajstić information content (AvgIpc) is 3.10. The Balaban J connectivity index is 1.70. The molecule has 0 aliphatic heterocycles. The van der Waals surface area contributed by atoms with E-state index in [9.17, 15) is 14.7 Å². The molecule has 0 amide bonds. The van der Waals surface area contributed by atoms with Gasteiger partial charge in [-0.3, -0.25) is 14.3 Å². The zero-order valence-electron chi connectivity index (χ0n) is 17.5. The molecule has 0 fully saturated rings. The topological polar surface area (TPSA) is 77.1 Å². The van der Waals surface area contributed by atoms with Gasteiger partial charge in [0.25, 0.3) is 0 Å². The van der Waals surface area contributed by atoms with Crippen molar-refractivity contribution in [1.82, 2.24) is 14.3 Å². The maximum absolute atomic E-state index is 12.7. The van der Waals surface area contributed by atoms with E-state index in [4.69, 9.17) is 0 Å². The fraction of sp³-hybridized carbons (Fsp3) is 0.435. The van der Waals surface area contributed by atoms with Gasteiger partial charge in [0.1, 0.15) is 0 Å². The fourth-order valence-corrected chi connectivity index (χ4v) is 4.70. The molecule has 29 heavy (non-hydrogen) atoms. The molecule has 1 N–H and O–H groups in total. The smallest absolute Gasteiger partial charge is 0.179 e. The Labute approximate surface area is 170 Å². The summed E-state index contributed by atoms with van der Waals surface area (Å²) in [5.74, 6) is 0.129. The van der Waals surface area contributed by atoms with E-state index in [1.807, 2.05) is 30.5 Å². The van der Waals surface area contributed by atoms with Crippen molar-refractivity contribution in [3.8, 4) is 0 Å². The number of aliphatic hydroxyl groups excluding tert-OH is 1. The molecule has 6 nitrogen and oxygen atoms in total. The number of aromatic nitrogens is 3. The monoisotopic (exact) mass is 393 g/mol. The number of hydrogen-bond acceptors (Lipinski definition) is 4. The van der Waals surface area contributed by atoms with Gasteiger partial charge in [-0.05, 0) is 58.2 Å². The zero-order chi connectivity index (χ0) is 20.9. The molecular weight excluding hydrogens is 366 g/mol. The van der Waals surface area contributed by atoms with Crippen molar-refractivity contribution in [3.05, 3.63) is 52.0 Å². The van der Waals surface area contributed by atoms with E-state index >= 15 is 0 Å². The van der Waals surface area contributed by atoms with Crippen LogP contribution in [0.1, 0.15) is 63.1 Å². The molecule has 0 saturated carbocycles. The first kappa shape index (κ1) is 19.6. The normalized spacial score (nSPS) is 15.0. The van der Waals surface area contributed by atoms with E-state index in [-0.39, 0.29) is 18.1 Å². The third-order valence-electron chi connectivity index (χ3n) is 5.93. The van der Waals surface area contributed by atoms with Crippen LogP contribution in [0.4, 0.5) is 0 Å². The molecule has 0 spiro atoms. The first-order chi connectivity index (χ1) is 13.8. The molecule has 2 heterocycles. The second kappa shape index (κ2) is 7.26. The van der Waals surface area contributed by atoms with Crippen molar-refractivity contribution >= 4 is 22.5 Å². The number of nitrogens with zero attached hydrogens (tertiary/aromatic N) is 3. The van der Waals surface area contributed by atoms with Gasteiger partial charge < -0.3 is 9.67 Å². The van der Waals surface area contributed by atoms with E-state index in [0.29, 0.717) is 24.2 Å². The summed E-state index contributed by atoms with van der Waals surface area (Å²) in [6.07, 6.45) is 1.59. The number of fused-ring (bicyclic) bond motifs is 3. The van der Waals surface area contributed by atoms with E-state index in [0.717, 1.165) is 46.3 Å². The Bertz CT molecular complexity index is 1140. The lowest BCUT2D eigenvalue weighted by atomic mass is 9.94. The van der Waals surface area contributed by atoms with Crippen LogP contribution in [0.2, 0.25) is 0 Å². The zero-order valence-corrected chi connectivity index (χ0v) is 17.5. The largest absolute Gasteiger partial charge is 0.389 e. The van der Waals surface area contributed by atoms with E-state index in [2.05, 4.69) is 18.1 Å². The summed E-state index contributed by atoms with van der Waals surface area (Å²) >= 11 is 0. The number of aryl methyl sites for hydroxylation is 3. The average molecular weight is 393 g/mol. The fourth-order valence-electron chi connectivity index (χ4n) is 4.70. The van der Waals surface area contributed by atoms with Crippen molar-refractivity contribution in [2.45, 2.75) is 66.2 Å². The second-order valence-electron chi connectivity index (χ2n) is 8.17. The molecule has 0 unspecified atom stereocenters. The van der Waals surface area contributed by atoms with Gasteiger partial charge in [-0.15, -0.1) is 0 Å². The van der Waals surface area contributed by atoms with Crippen molar-refractivity contribution < 1.29 is 14.7 Å². The van der Waals surface area contributed by atoms with Gasteiger partial charge >= 0.3 is 0 Å². The van der Waals surface area contributed by atoms with E-state index in [1.165, 1.54) is 6.92 Å². The van der Waals surface area contributed by atoms with Crippen LogP contribution in [0.3, 0.4) is 0 Å². The summed E-state index contributed by atoms with van der Waals surface area (Å²) in [6, 6.07) is 6.22. The number of hydrogen-bond donors (Lipinski definition) is 1. The molecular formula is C23H27N3O3. The first-order valence-corrected chi connectivity index (χ1v) is 10.2. The minimum atomic E-state index is -0.733. The molecule has 0 bridgehead atoms. The van der Waals surface area contributed by atoms with Crippen LogP contribution in [-0.4, -0.2) is 37.1 Å². The maximum atomic E-state index is 12.7. The highest BCUT2D eigenvalue weighted by atomic mass is 16.3. The summed E-state index contributed by atoms with van der Waals surface area (Å²) in [7, 11) is 0. The van der Waals surface area contributed by atoms with Gasteiger partial charge in [0.2, 0.25) is 0 Å². The summed E-state index contributed by atoms with van der Waals surface area (Å²) in [6.45, 7) is 7.83. The molecule has 6 heteroatoms. The lowest BCUT2D eigenvalue weighted by Crippen LogP contribution is -2.26. The molecule has 0 saturated heterocycles. The lowest BCUT2D eigenvalue weighted by molar-refractivity contribution is 0.0950. The molecule has 1 aliphatic carbocycles. The summed E-state index contributed by atoms with van der Waals surface area (Å²) in [4.78, 5) is 24.6. The third-order valence-corrected chi connectivity index (χ3v) is 5.93. The van der Waals surface area contributed by atoms with Crippen molar-refractivity contribution in [2.75, 3.05) is 0 Å². The quantitative estimate of drug-likeness (QED) is 0.673. The van der Waals surface area contributed by atoms with Crippen LogP contribution in [-0.2, 0) is 19.5 Å². The van der Waals surface area contributed by atoms with Crippen LogP contribution in [0.25, 0.3) is 10.9 Å². The molecule has 3 aromatic rings. The Morgan fingerprint density at radius 3 is 2.66 bits per heavy atom. The van der Waals surface area contributed by atoms with Gasteiger partial charge in [0.15, 0.2) is 11.6 Å². The van der Waals surface area contributed by atoms with Crippen LogP contribution >= 0.6 is 0 Å². The predicted octanol–water partition coefficient (Wildman–Crippen LogP) is 3.55. The van der Waals surface area contributed by atoms with Crippen LogP contribution in [0, 0.1) is 20.8 Å². The highest BCUT2D eigenvalue weighted by Gasteiger charge is 2.27. The highest BCUT2D eigenvalue weighted by Crippen LogP contribution is 2.33. The standard InChI is InChI=1S/C23H27N3O3/c1-13-8-9-20-19(10-13)18-6-5-7-21(29)23(18)25(20)11-17(28)12-26-15(3)22(16(4)27)14(2)24-26/h8-10,17,28H,5-7,11-12H2,1-4H3/t17-/m1/s1. The maximum Gasteiger partial charge on any atom is 0.179 e. The number of aliphatic hydroxyl groups is 1. The van der Waals surface area contributed by atoms with Crippen molar-refractivity contribution in [1.29, 1.82) is 0 Å². The van der Waals surface area contributed by atoms with Gasteiger partial charge in [-0.1, -0.05) is 11.6 Å². The Morgan fingerprint density at radius 1 is 1.21 bits per heavy atom. The summed E-state index contributed by atoms with van der Waals surface area (Å²) in [5.41, 5.74) is 6.07. The number of ketones is 2. The molecule has 0 radical (unpaired) electrons. The van der Waals surface area contributed by atoms with Crippen LogP contribution in [0.15, 0.2) is 18.2 Å². The first-order valence-electron chi connectivity index (χ1n) is 10.2. The minimum Gasteiger partial charge on any atom is -0.389 e. The number of rotatable bonds is 5. The number of carbonyl (C=O) groups excluding carboxylic acids is 2. The molecule has 1 aliphatic rings. The number of benzene rings is 1. The van der Waals surface area contributed by atoms with Gasteiger partial charge in [-0.25, -0.2) is 0 Å². The van der Waals surface area contributed by atoms with Gasteiger partial charge in [0, 0.05) is 23.0 Å². The van der Waals surface area contributed by atoms with Gasteiger partial charge in [-0.2, -0.15) is 5.10 Å².